The topological polar surface area (TPSA) is 138 Å². The minimum atomic E-state index is -0.126. The smallest absolute Gasteiger partial charge is 0.255 e. The molecule has 4 heterocycles. The van der Waals surface area contributed by atoms with E-state index in [1.165, 1.54) is 0 Å². The van der Waals surface area contributed by atoms with Crippen molar-refractivity contribution in [2.75, 3.05) is 18.8 Å². The summed E-state index contributed by atoms with van der Waals surface area (Å²) in [5.74, 6) is 1.35. The summed E-state index contributed by atoms with van der Waals surface area (Å²) in [6.45, 7) is 2.73. The van der Waals surface area contributed by atoms with Crippen LogP contribution < -0.4 is 10.5 Å². The van der Waals surface area contributed by atoms with Gasteiger partial charge >= 0.3 is 0 Å². The number of nitriles is 1. The molecule has 0 aliphatic carbocycles. The molecule has 1 fully saturated rings. The van der Waals surface area contributed by atoms with Crippen LogP contribution in [0.15, 0.2) is 36.7 Å². The maximum absolute atomic E-state index is 12.9. The van der Waals surface area contributed by atoms with Crippen LogP contribution in [0.3, 0.4) is 0 Å². The largest absolute Gasteiger partial charge is 0.453 e. The van der Waals surface area contributed by atoms with E-state index in [4.69, 9.17) is 27.3 Å². The summed E-state index contributed by atoms with van der Waals surface area (Å²) in [5, 5.41) is 20.2. The van der Waals surface area contributed by atoms with E-state index in [1.54, 1.807) is 46.1 Å². The number of hydrogen-bond donors (Lipinski definition) is 2. The van der Waals surface area contributed by atoms with E-state index in [0.29, 0.717) is 52.1 Å². The number of aryl methyl sites for hydroxylation is 1. The number of aromatic amines is 1. The fraction of sp³-hybridized carbons (Fsp3) is 0.190. The van der Waals surface area contributed by atoms with Crippen molar-refractivity contribution >= 4 is 29.0 Å². The number of nitrogens with one attached hydrogen (secondary N) is 1. The van der Waals surface area contributed by atoms with Crippen molar-refractivity contribution in [3.05, 3.63) is 52.8 Å². The zero-order valence-electron chi connectivity index (χ0n) is 16.9. The van der Waals surface area contributed by atoms with Gasteiger partial charge in [0, 0.05) is 30.9 Å². The fourth-order valence-electron chi connectivity index (χ4n) is 3.67. The molecule has 0 bridgehead atoms. The Labute approximate surface area is 187 Å². The normalized spacial score (nSPS) is 13.7. The second-order valence-electron chi connectivity index (χ2n) is 7.48. The van der Waals surface area contributed by atoms with E-state index in [0.717, 1.165) is 5.56 Å². The molecule has 1 aliphatic heterocycles. The zero-order valence-corrected chi connectivity index (χ0v) is 17.7. The number of amides is 1. The van der Waals surface area contributed by atoms with Crippen LogP contribution in [0.2, 0.25) is 5.02 Å². The minimum absolute atomic E-state index is 0.105. The molecule has 1 aliphatic rings. The quantitative estimate of drug-likeness (QED) is 0.489. The van der Waals surface area contributed by atoms with E-state index in [2.05, 4.69) is 26.3 Å². The minimum Gasteiger partial charge on any atom is -0.453 e. The third-order valence-electron chi connectivity index (χ3n) is 5.40. The zero-order chi connectivity index (χ0) is 22.4. The number of ether oxygens (including phenoxy) is 1. The highest BCUT2D eigenvalue weighted by Gasteiger charge is 2.33. The van der Waals surface area contributed by atoms with Gasteiger partial charge in [-0.3, -0.25) is 9.89 Å². The molecule has 11 heteroatoms. The first-order valence-corrected chi connectivity index (χ1v) is 10.1. The Morgan fingerprint density at radius 1 is 1.34 bits per heavy atom. The average Bonchev–Trinajstić information content (AvgIpc) is 3.32. The predicted octanol–water partition coefficient (Wildman–Crippen LogP) is 3.05. The summed E-state index contributed by atoms with van der Waals surface area (Å²) >= 11 is 6.45. The van der Waals surface area contributed by atoms with Gasteiger partial charge in [-0.25, -0.2) is 4.52 Å². The van der Waals surface area contributed by atoms with Crippen molar-refractivity contribution in [3.63, 3.8) is 0 Å². The molecule has 4 aromatic rings. The maximum Gasteiger partial charge on any atom is 0.255 e. The van der Waals surface area contributed by atoms with Gasteiger partial charge in [-0.1, -0.05) is 11.6 Å². The van der Waals surface area contributed by atoms with Crippen LogP contribution in [0, 0.1) is 24.2 Å². The Morgan fingerprint density at radius 2 is 2.16 bits per heavy atom. The number of nitrogen functional groups attached to an aromatic ring is 1. The molecule has 32 heavy (non-hydrogen) atoms. The molecule has 10 nitrogen and oxygen atoms in total. The highest BCUT2D eigenvalue weighted by Crippen LogP contribution is 2.36. The highest BCUT2D eigenvalue weighted by molar-refractivity contribution is 6.32. The van der Waals surface area contributed by atoms with Crippen LogP contribution in [0.5, 0.6) is 11.5 Å². The van der Waals surface area contributed by atoms with Crippen molar-refractivity contribution in [2.24, 2.45) is 5.92 Å². The fourth-order valence-corrected chi connectivity index (χ4v) is 3.89. The number of carbonyl (C=O) groups excluding carboxylic acids is 1. The van der Waals surface area contributed by atoms with E-state index in [1.807, 2.05) is 6.92 Å². The third-order valence-corrected chi connectivity index (χ3v) is 5.70. The van der Waals surface area contributed by atoms with Gasteiger partial charge in [0.25, 0.3) is 5.91 Å². The van der Waals surface area contributed by atoms with Gasteiger partial charge in [-0.2, -0.15) is 15.3 Å². The second kappa shape index (κ2) is 7.55. The number of aromatic nitrogens is 5. The first-order valence-electron chi connectivity index (χ1n) is 9.76. The van der Waals surface area contributed by atoms with Crippen LogP contribution >= 0.6 is 11.6 Å². The SMILES string of the molecule is Cc1c(C(=O)N2CC(C#N)C2)cn2nccc(Oc3ccc(-c4nc(N)n[nH]4)cc3Cl)c12. The van der Waals surface area contributed by atoms with Crippen LogP contribution in [0.1, 0.15) is 15.9 Å². The number of likely N-dealkylation sites (tertiary alicyclic amines) is 1. The van der Waals surface area contributed by atoms with Crippen LogP contribution in [-0.2, 0) is 0 Å². The van der Waals surface area contributed by atoms with Crippen molar-refractivity contribution < 1.29 is 9.53 Å². The Balaban J connectivity index is 1.46. The van der Waals surface area contributed by atoms with Crippen LogP contribution in [0.25, 0.3) is 16.9 Å². The first kappa shape index (κ1) is 19.8. The molecule has 1 amide bonds. The lowest BCUT2D eigenvalue weighted by atomic mass is 10.0. The molecule has 160 valence electrons. The molecule has 0 unspecified atom stereocenters. The number of fused-ring (bicyclic) bond motifs is 1. The summed E-state index contributed by atoms with van der Waals surface area (Å²) in [6.07, 6.45) is 3.27. The molecule has 1 aromatic carbocycles. The Morgan fingerprint density at radius 3 is 2.84 bits per heavy atom. The van der Waals surface area contributed by atoms with Gasteiger partial charge in [-0.05, 0) is 30.7 Å². The van der Waals surface area contributed by atoms with Gasteiger partial charge in [0.1, 0.15) is 11.3 Å². The molecule has 3 N–H and O–H groups in total. The lowest BCUT2D eigenvalue weighted by molar-refractivity contribution is 0.0576. The summed E-state index contributed by atoms with van der Waals surface area (Å²) in [7, 11) is 0. The third kappa shape index (κ3) is 3.29. The van der Waals surface area contributed by atoms with E-state index < -0.39 is 0 Å². The van der Waals surface area contributed by atoms with Gasteiger partial charge in [0.05, 0.1) is 28.8 Å². The predicted molar refractivity (Wildman–Crippen MR) is 116 cm³/mol. The molecule has 5 rings (SSSR count). The maximum atomic E-state index is 12.9. The summed E-state index contributed by atoms with van der Waals surface area (Å²) < 4.78 is 7.71. The van der Waals surface area contributed by atoms with E-state index >= 15 is 0 Å². The lowest BCUT2D eigenvalue weighted by Crippen LogP contribution is -2.49. The number of nitrogens with zero attached hydrogens (tertiary/aromatic N) is 6. The molecule has 3 aromatic heterocycles. The van der Waals surface area contributed by atoms with Crippen molar-refractivity contribution in [1.82, 2.24) is 29.7 Å². The number of halogens is 1. The summed E-state index contributed by atoms with van der Waals surface area (Å²) in [6, 6.07) is 9.10. The van der Waals surface area contributed by atoms with Gasteiger partial charge in [0.2, 0.25) is 5.95 Å². The number of nitrogens with two attached hydrogens (primary N) is 1. The first-order chi connectivity index (χ1) is 15.4. The van der Waals surface area contributed by atoms with Crippen molar-refractivity contribution in [2.45, 2.75) is 6.92 Å². The summed E-state index contributed by atoms with van der Waals surface area (Å²) in [5.41, 5.74) is 8.20. The van der Waals surface area contributed by atoms with E-state index in [9.17, 15) is 4.79 Å². The summed E-state index contributed by atoms with van der Waals surface area (Å²) in [4.78, 5) is 18.6. The van der Waals surface area contributed by atoms with Crippen LogP contribution in [-0.4, -0.2) is 48.7 Å². The monoisotopic (exact) mass is 448 g/mol. The highest BCUT2D eigenvalue weighted by atomic mass is 35.5. The van der Waals surface area contributed by atoms with Gasteiger partial charge in [-0.15, -0.1) is 5.10 Å². The van der Waals surface area contributed by atoms with Crippen LogP contribution in [0.4, 0.5) is 5.95 Å². The molecule has 0 spiro atoms. The number of anilines is 1. The Kier molecular flexibility index (Phi) is 4.68. The number of carbonyl (C=O) groups is 1. The number of rotatable bonds is 4. The molecule has 1 saturated heterocycles. The number of hydrogen-bond acceptors (Lipinski definition) is 7. The molecule has 0 atom stereocenters. The van der Waals surface area contributed by atoms with Gasteiger partial charge in [0.15, 0.2) is 11.6 Å². The molecule has 0 radical (unpaired) electrons. The average molecular weight is 449 g/mol. The molecule has 0 saturated carbocycles. The lowest BCUT2D eigenvalue weighted by Gasteiger charge is -2.35. The number of H-pyrrole nitrogens is 1. The van der Waals surface area contributed by atoms with E-state index in [-0.39, 0.29) is 17.8 Å². The Bertz CT molecular complexity index is 1400. The number of benzene rings is 1. The second-order valence-corrected chi connectivity index (χ2v) is 7.89. The molecular weight excluding hydrogens is 432 g/mol. The standard InChI is InChI=1S/C21H17ClN8O2/c1-11-14(20(31)29-8-12(7-23)9-29)10-30-18(11)17(4-5-25-30)32-16-3-2-13(6-15(16)22)19-26-21(24)28-27-19/h2-6,10,12H,8-9H2,1H3,(H3,24,26,27,28). The van der Waals surface area contributed by atoms with Crippen molar-refractivity contribution in [3.8, 4) is 29.0 Å². The Hall–Kier alpha value is -4.10. The van der Waals surface area contributed by atoms with Crippen molar-refractivity contribution in [1.29, 1.82) is 5.26 Å². The van der Waals surface area contributed by atoms with Gasteiger partial charge < -0.3 is 15.4 Å². The molecular formula is C21H17ClN8O2.